The van der Waals surface area contributed by atoms with Gasteiger partial charge in [0.1, 0.15) is 0 Å². The van der Waals surface area contributed by atoms with Crippen LogP contribution >= 0.6 is 15.9 Å². The Morgan fingerprint density at radius 2 is 1.71 bits per heavy atom. The van der Waals surface area contributed by atoms with E-state index in [9.17, 15) is 4.79 Å². The second-order valence-electron chi connectivity index (χ2n) is 7.39. The average Bonchev–Trinajstić information content (AvgIpc) is 2.45. The molecule has 0 saturated heterocycles. The first-order valence-corrected chi connectivity index (χ1v) is 8.96. The molecular weight excluding hydrogens is 326 g/mol. The van der Waals surface area contributed by atoms with Crippen molar-refractivity contribution in [2.45, 2.75) is 45.1 Å². The molecule has 4 bridgehead atoms. The first-order valence-electron chi connectivity index (χ1n) is 8.17. The SMILES string of the molecule is Cc1ccc(C(=O)NC2C3CC4CC(C3)CC2C4)cc1Br. The molecule has 0 heterocycles. The Morgan fingerprint density at radius 3 is 2.29 bits per heavy atom. The molecule has 5 rings (SSSR count). The molecule has 0 aromatic heterocycles. The van der Waals surface area contributed by atoms with Crippen LogP contribution in [0.25, 0.3) is 0 Å². The van der Waals surface area contributed by atoms with Gasteiger partial charge in [-0.1, -0.05) is 22.0 Å². The molecule has 2 nitrogen and oxygen atoms in total. The minimum Gasteiger partial charge on any atom is -0.349 e. The van der Waals surface area contributed by atoms with Crippen molar-refractivity contribution in [3.63, 3.8) is 0 Å². The number of carbonyl (C=O) groups is 1. The van der Waals surface area contributed by atoms with Gasteiger partial charge in [-0.25, -0.2) is 0 Å². The zero-order valence-corrected chi connectivity index (χ0v) is 14.0. The summed E-state index contributed by atoms with van der Waals surface area (Å²) in [6.07, 6.45) is 6.83. The molecule has 1 aromatic carbocycles. The molecule has 21 heavy (non-hydrogen) atoms. The number of hydrogen-bond acceptors (Lipinski definition) is 1. The minimum atomic E-state index is 0.105. The summed E-state index contributed by atoms with van der Waals surface area (Å²) in [4.78, 5) is 12.6. The largest absolute Gasteiger partial charge is 0.349 e. The average molecular weight is 348 g/mol. The summed E-state index contributed by atoms with van der Waals surface area (Å²) in [5.41, 5.74) is 1.95. The second kappa shape index (κ2) is 5.12. The highest BCUT2D eigenvalue weighted by Gasteiger charge is 2.48. The zero-order chi connectivity index (χ0) is 14.6. The normalized spacial score (nSPS) is 36.8. The Labute approximate surface area is 134 Å². The smallest absolute Gasteiger partial charge is 0.251 e. The highest BCUT2D eigenvalue weighted by molar-refractivity contribution is 9.10. The highest BCUT2D eigenvalue weighted by Crippen LogP contribution is 2.53. The van der Waals surface area contributed by atoms with Gasteiger partial charge in [0.05, 0.1) is 0 Å². The molecule has 4 saturated carbocycles. The summed E-state index contributed by atoms with van der Waals surface area (Å²) in [5, 5.41) is 3.37. The number of rotatable bonds is 2. The van der Waals surface area contributed by atoms with E-state index in [4.69, 9.17) is 0 Å². The van der Waals surface area contributed by atoms with Gasteiger partial charge in [0.25, 0.3) is 5.91 Å². The molecule has 0 spiro atoms. The third-order valence-corrected chi connectivity index (χ3v) is 6.81. The maximum atomic E-state index is 12.6. The molecule has 1 aromatic rings. The molecule has 4 fully saturated rings. The third-order valence-electron chi connectivity index (χ3n) is 5.96. The molecule has 0 aliphatic heterocycles. The number of aryl methyl sites for hydroxylation is 1. The Bertz CT molecular complexity index is 555. The number of carbonyl (C=O) groups excluding carboxylic acids is 1. The molecular formula is C18H22BrNO. The zero-order valence-electron chi connectivity index (χ0n) is 12.4. The second-order valence-corrected chi connectivity index (χ2v) is 8.25. The molecule has 0 unspecified atom stereocenters. The predicted molar refractivity (Wildman–Crippen MR) is 87.2 cm³/mol. The van der Waals surface area contributed by atoms with E-state index in [-0.39, 0.29) is 5.91 Å². The molecule has 1 N–H and O–H groups in total. The van der Waals surface area contributed by atoms with E-state index in [1.165, 1.54) is 37.7 Å². The van der Waals surface area contributed by atoms with Crippen LogP contribution in [0.1, 0.15) is 48.0 Å². The number of amides is 1. The standard InChI is InChI=1S/C18H22BrNO/c1-10-2-3-13(9-16(10)19)18(21)20-17-14-5-11-4-12(7-14)8-15(17)6-11/h2-3,9,11-12,14-15,17H,4-8H2,1H3,(H,20,21). The van der Waals surface area contributed by atoms with Crippen LogP contribution in [0.4, 0.5) is 0 Å². The maximum Gasteiger partial charge on any atom is 0.251 e. The lowest BCUT2D eigenvalue weighted by molar-refractivity contribution is -0.0119. The van der Waals surface area contributed by atoms with Crippen molar-refractivity contribution in [3.05, 3.63) is 33.8 Å². The van der Waals surface area contributed by atoms with Crippen LogP contribution in [0.3, 0.4) is 0 Å². The Kier molecular flexibility index (Phi) is 3.36. The van der Waals surface area contributed by atoms with Crippen molar-refractivity contribution >= 4 is 21.8 Å². The van der Waals surface area contributed by atoms with E-state index in [0.717, 1.165) is 33.7 Å². The van der Waals surface area contributed by atoms with Crippen molar-refractivity contribution in [1.82, 2.24) is 5.32 Å². The van der Waals surface area contributed by atoms with Crippen LogP contribution in [-0.2, 0) is 0 Å². The minimum absolute atomic E-state index is 0.105. The number of benzene rings is 1. The topological polar surface area (TPSA) is 29.1 Å². The molecule has 0 atom stereocenters. The van der Waals surface area contributed by atoms with Crippen molar-refractivity contribution in [2.24, 2.45) is 23.7 Å². The fraction of sp³-hybridized carbons (Fsp3) is 0.611. The molecule has 0 radical (unpaired) electrons. The summed E-state index contributed by atoms with van der Waals surface area (Å²) < 4.78 is 1.01. The Hall–Kier alpha value is -0.830. The molecule has 1 amide bonds. The summed E-state index contributed by atoms with van der Waals surface area (Å²) >= 11 is 3.52. The predicted octanol–water partition coefficient (Wildman–Crippen LogP) is 4.31. The van der Waals surface area contributed by atoms with Gasteiger partial charge >= 0.3 is 0 Å². The van der Waals surface area contributed by atoms with Gasteiger partial charge in [-0.2, -0.15) is 0 Å². The Balaban J connectivity index is 1.50. The van der Waals surface area contributed by atoms with E-state index in [2.05, 4.69) is 21.2 Å². The van der Waals surface area contributed by atoms with Crippen LogP contribution in [0.2, 0.25) is 0 Å². The fourth-order valence-corrected chi connectivity index (χ4v) is 5.51. The quantitative estimate of drug-likeness (QED) is 0.848. The number of nitrogens with one attached hydrogen (secondary N) is 1. The highest BCUT2D eigenvalue weighted by atomic mass is 79.9. The summed E-state index contributed by atoms with van der Waals surface area (Å²) in [6.45, 7) is 2.05. The third kappa shape index (κ3) is 2.44. The lowest BCUT2D eigenvalue weighted by Gasteiger charge is -2.54. The lowest BCUT2D eigenvalue weighted by atomic mass is 9.54. The van der Waals surface area contributed by atoms with Crippen LogP contribution in [-0.4, -0.2) is 11.9 Å². The van der Waals surface area contributed by atoms with Gasteiger partial charge in [0.2, 0.25) is 0 Å². The van der Waals surface area contributed by atoms with Gasteiger partial charge in [-0.05, 0) is 80.4 Å². The van der Waals surface area contributed by atoms with Crippen molar-refractivity contribution in [2.75, 3.05) is 0 Å². The van der Waals surface area contributed by atoms with Crippen molar-refractivity contribution in [1.29, 1.82) is 0 Å². The van der Waals surface area contributed by atoms with Crippen molar-refractivity contribution in [3.8, 4) is 0 Å². The van der Waals surface area contributed by atoms with Crippen LogP contribution in [0, 0.1) is 30.6 Å². The van der Waals surface area contributed by atoms with Gasteiger partial charge in [0, 0.05) is 16.1 Å². The van der Waals surface area contributed by atoms with Crippen LogP contribution in [0.15, 0.2) is 22.7 Å². The van der Waals surface area contributed by atoms with Gasteiger partial charge in [-0.3, -0.25) is 4.79 Å². The van der Waals surface area contributed by atoms with E-state index in [1.807, 2.05) is 25.1 Å². The number of halogens is 1. The van der Waals surface area contributed by atoms with Gasteiger partial charge < -0.3 is 5.32 Å². The first kappa shape index (κ1) is 13.8. The molecule has 4 aliphatic carbocycles. The van der Waals surface area contributed by atoms with Gasteiger partial charge in [0.15, 0.2) is 0 Å². The van der Waals surface area contributed by atoms with Gasteiger partial charge in [-0.15, -0.1) is 0 Å². The summed E-state index contributed by atoms with van der Waals surface area (Å²) in [5.74, 6) is 3.48. The van der Waals surface area contributed by atoms with Crippen LogP contribution in [0.5, 0.6) is 0 Å². The van der Waals surface area contributed by atoms with Crippen molar-refractivity contribution < 1.29 is 4.79 Å². The Morgan fingerprint density at radius 1 is 1.10 bits per heavy atom. The first-order chi connectivity index (χ1) is 10.1. The van der Waals surface area contributed by atoms with Crippen LogP contribution < -0.4 is 5.32 Å². The molecule has 112 valence electrons. The number of hydrogen-bond donors (Lipinski definition) is 1. The maximum absolute atomic E-state index is 12.6. The summed E-state index contributed by atoms with van der Waals surface area (Å²) in [6, 6.07) is 6.31. The lowest BCUT2D eigenvalue weighted by Crippen LogP contribution is -2.55. The fourth-order valence-electron chi connectivity index (χ4n) is 5.13. The van der Waals surface area contributed by atoms with E-state index in [0.29, 0.717) is 6.04 Å². The van der Waals surface area contributed by atoms with E-state index < -0.39 is 0 Å². The van der Waals surface area contributed by atoms with E-state index in [1.54, 1.807) is 0 Å². The monoisotopic (exact) mass is 347 g/mol. The van der Waals surface area contributed by atoms with E-state index >= 15 is 0 Å². The molecule has 3 heteroatoms. The molecule has 4 aliphatic rings. The summed E-state index contributed by atoms with van der Waals surface area (Å²) in [7, 11) is 0.